The van der Waals surface area contributed by atoms with Gasteiger partial charge in [-0.15, -0.1) is 0 Å². The van der Waals surface area contributed by atoms with E-state index in [0.29, 0.717) is 62.5 Å². The Morgan fingerprint density at radius 3 is 2.68 bits per heavy atom. The van der Waals surface area contributed by atoms with Crippen molar-refractivity contribution in [2.24, 2.45) is 0 Å². The number of aryl methyl sites for hydroxylation is 1. The lowest BCUT2D eigenvalue weighted by atomic mass is 10.0. The van der Waals surface area contributed by atoms with Crippen molar-refractivity contribution in [1.29, 1.82) is 0 Å². The molecule has 0 unspecified atom stereocenters. The summed E-state index contributed by atoms with van der Waals surface area (Å²) >= 11 is 6.64. The molecular weight excluding hydrogens is 422 g/mol. The molecule has 0 aliphatic carbocycles. The van der Waals surface area contributed by atoms with E-state index in [1.165, 1.54) is 6.07 Å². The largest absolute Gasteiger partial charge is 0.507 e. The minimum Gasteiger partial charge on any atom is -0.507 e. The molecule has 0 saturated carbocycles. The highest BCUT2D eigenvalue weighted by atomic mass is 35.5. The number of rotatable bonds is 3. The number of nitrogens with two attached hydrogens (primary N) is 1. The molecule has 0 radical (unpaired) electrons. The molecule has 0 bridgehead atoms. The highest BCUT2D eigenvalue weighted by molar-refractivity contribution is 6.32. The fourth-order valence-corrected chi connectivity index (χ4v) is 4.26. The Morgan fingerprint density at radius 1 is 1.16 bits per heavy atom. The lowest BCUT2D eigenvalue weighted by Crippen LogP contribution is -2.40. The monoisotopic (exact) mass is 447 g/mol. The first kappa shape index (κ1) is 21.6. The molecule has 0 spiro atoms. The maximum absolute atomic E-state index is 12.9. The van der Waals surface area contributed by atoms with Gasteiger partial charge in [-0.25, -0.2) is 4.98 Å². The predicted octanol–water partition coefficient (Wildman–Crippen LogP) is 2.17. The van der Waals surface area contributed by atoms with Crippen LogP contribution in [0.4, 0.5) is 11.8 Å². The Hall–Kier alpha value is -2.62. The standard InChI is InChI=1S/C21H26ClN5O4/c1-13-9-19(25-21(23)24-13)27-3-2-6-31-12-17(27)14-11-18(28)15(10-16(14)22)20(29)26-4-7-30-8-5-26/h9-11,17,28H,2-8,12H2,1H3,(H2,23,24,25)/t17-/m0/s1. The van der Waals surface area contributed by atoms with E-state index in [1.54, 1.807) is 11.0 Å². The predicted molar refractivity (Wildman–Crippen MR) is 117 cm³/mol. The number of benzene rings is 1. The number of ether oxygens (including phenoxy) is 2. The van der Waals surface area contributed by atoms with Crippen LogP contribution in [0.25, 0.3) is 0 Å². The highest BCUT2D eigenvalue weighted by Crippen LogP contribution is 2.37. The van der Waals surface area contributed by atoms with Crippen LogP contribution in [0.5, 0.6) is 5.75 Å². The Morgan fingerprint density at radius 2 is 1.94 bits per heavy atom. The molecule has 1 aromatic heterocycles. The summed E-state index contributed by atoms with van der Waals surface area (Å²) < 4.78 is 11.1. The maximum Gasteiger partial charge on any atom is 0.257 e. The van der Waals surface area contributed by atoms with E-state index in [1.807, 2.05) is 13.0 Å². The number of aromatic nitrogens is 2. The molecule has 3 heterocycles. The van der Waals surface area contributed by atoms with Gasteiger partial charge in [-0.3, -0.25) is 4.79 Å². The molecule has 31 heavy (non-hydrogen) atoms. The Bertz CT molecular complexity index is 947. The minimum atomic E-state index is -0.304. The van der Waals surface area contributed by atoms with Crippen molar-refractivity contribution in [3.05, 3.63) is 40.0 Å². The molecule has 4 rings (SSSR count). The maximum atomic E-state index is 12.9. The van der Waals surface area contributed by atoms with Gasteiger partial charge in [0.25, 0.3) is 5.91 Å². The number of nitrogens with zero attached hydrogens (tertiary/aromatic N) is 4. The zero-order valence-electron chi connectivity index (χ0n) is 17.4. The summed E-state index contributed by atoms with van der Waals surface area (Å²) in [4.78, 5) is 25.1. The number of phenols is 1. The number of hydrogen-bond donors (Lipinski definition) is 2. The summed E-state index contributed by atoms with van der Waals surface area (Å²) in [7, 11) is 0. The van der Waals surface area contributed by atoms with Crippen LogP contribution in [0, 0.1) is 6.92 Å². The second kappa shape index (κ2) is 9.25. The fraction of sp³-hybridized carbons (Fsp3) is 0.476. The second-order valence-corrected chi connectivity index (χ2v) is 8.07. The molecular formula is C21H26ClN5O4. The van der Waals surface area contributed by atoms with Crippen LogP contribution in [-0.2, 0) is 9.47 Å². The van der Waals surface area contributed by atoms with Gasteiger partial charge in [-0.1, -0.05) is 11.6 Å². The molecule has 2 aromatic rings. The molecule has 2 fully saturated rings. The summed E-state index contributed by atoms with van der Waals surface area (Å²) in [5.74, 6) is 0.490. The van der Waals surface area contributed by atoms with Gasteiger partial charge in [-0.05, 0) is 31.0 Å². The SMILES string of the molecule is Cc1cc(N2CCCOC[C@H]2c2cc(O)c(C(=O)N3CCOCC3)cc2Cl)nc(N)n1. The summed E-state index contributed by atoms with van der Waals surface area (Å²) in [6.07, 6.45) is 0.802. The van der Waals surface area contributed by atoms with E-state index in [2.05, 4.69) is 14.9 Å². The summed E-state index contributed by atoms with van der Waals surface area (Å²) in [6, 6.07) is 4.65. The van der Waals surface area contributed by atoms with Crippen molar-refractivity contribution in [3.63, 3.8) is 0 Å². The van der Waals surface area contributed by atoms with E-state index >= 15 is 0 Å². The second-order valence-electron chi connectivity index (χ2n) is 7.66. The molecule has 166 valence electrons. The van der Waals surface area contributed by atoms with E-state index in [9.17, 15) is 9.90 Å². The van der Waals surface area contributed by atoms with Gasteiger partial charge in [-0.2, -0.15) is 4.98 Å². The Labute approximate surface area is 185 Å². The number of amides is 1. The average molecular weight is 448 g/mol. The van der Waals surface area contributed by atoms with Crippen LogP contribution < -0.4 is 10.6 Å². The van der Waals surface area contributed by atoms with Crippen LogP contribution >= 0.6 is 11.6 Å². The van der Waals surface area contributed by atoms with Crippen LogP contribution in [0.2, 0.25) is 5.02 Å². The van der Waals surface area contributed by atoms with Crippen LogP contribution in [0.1, 0.15) is 34.1 Å². The summed E-state index contributed by atoms with van der Waals surface area (Å²) in [5, 5.41) is 11.1. The normalized spacial score (nSPS) is 19.9. The molecule has 1 amide bonds. The zero-order valence-corrected chi connectivity index (χ0v) is 18.1. The highest BCUT2D eigenvalue weighted by Gasteiger charge is 2.29. The van der Waals surface area contributed by atoms with Crippen LogP contribution in [0.3, 0.4) is 0 Å². The first-order chi connectivity index (χ1) is 14.9. The third-order valence-corrected chi connectivity index (χ3v) is 5.82. The molecule has 2 saturated heterocycles. The van der Waals surface area contributed by atoms with Gasteiger partial charge in [0.1, 0.15) is 11.6 Å². The third-order valence-electron chi connectivity index (χ3n) is 5.49. The molecule has 2 aliphatic heterocycles. The number of morpholine rings is 1. The average Bonchev–Trinajstić information content (AvgIpc) is 3.00. The van der Waals surface area contributed by atoms with Crippen molar-refractivity contribution < 1.29 is 19.4 Å². The topological polar surface area (TPSA) is 114 Å². The quantitative estimate of drug-likeness (QED) is 0.735. The van der Waals surface area contributed by atoms with Gasteiger partial charge in [0, 0.05) is 43.0 Å². The number of phenolic OH excluding ortho intramolecular Hbond substituents is 1. The van der Waals surface area contributed by atoms with Gasteiger partial charge >= 0.3 is 0 Å². The van der Waals surface area contributed by atoms with Gasteiger partial charge in [0.2, 0.25) is 5.95 Å². The lowest BCUT2D eigenvalue weighted by molar-refractivity contribution is 0.0301. The molecule has 1 aromatic carbocycles. The van der Waals surface area contributed by atoms with E-state index < -0.39 is 0 Å². The number of hydrogen-bond acceptors (Lipinski definition) is 8. The van der Waals surface area contributed by atoms with Crippen molar-refractivity contribution >= 4 is 29.3 Å². The number of aromatic hydroxyl groups is 1. The number of halogens is 1. The Kier molecular flexibility index (Phi) is 6.45. The van der Waals surface area contributed by atoms with Gasteiger partial charge < -0.3 is 30.1 Å². The van der Waals surface area contributed by atoms with E-state index in [-0.39, 0.29) is 29.2 Å². The van der Waals surface area contributed by atoms with E-state index in [0.717, 1.165) is 12.1 Å². The van der Waals surface area contributed by atoms with Gasteiger partial charge in [0.15, 0.2) is 0 Å². The third kappa shape index (κ3) is 4.68. The molecule has 3 N–H and O–H groups in total. The van der Waals surface area contributed by atoms with Crippen LogP contribution in [0.15, 0.2) is 18.2 Å². The van der Waals surface area contributed by atoms with Crippen LogP contribution in [-0.4, -0.2) is 71.9 Å². The fourth-order valence-electron chi connectivity index (χ4n) is 3.97. The van der Waals surface area contributed by atoms with Crippen molar-refractivity contribution in [2.75, 3.05) is 56.7 Å². The molecule has 9 nitrogen and oxygen atoms in total. The van der Waals surface area contributed by atoms with Crippen molar-refractivity contribution in [3.8, 4) is 5.75 Å². The summed E-state index contributed by atoms with van der Waals surface area (Å²) in [5.41, 5.74) is 7.47. The molecule has 1 atom stereocenters. The summed E-state index contributed by atoms with van der Waals surface area (Å²) in [6.45, 7) is 5.42. The van der Waals surface area contributed by atoms with Gasteiger partial charge in [0.05, 0.1) is 31.4 Å². The van der Waals surface area contributed by atoms with Crippen molar-refractivity contribution in [1.82, 2.24) is 14.9 Å². The Balaban J connectivity index is 1.68. The molecule has 2 aliphatic rings. The first-order valence-corrected chi connectivity index (χ1v) is 10.7. The molecule has 10 heteroatoms. The van der Waals surface area contributed by atoms with Crippen molar-refractivity contribution in [2.45, 2.75) is 19.4 Å². The first-order valence-electron chi connectivity index (χ1n) is 10.3. The zero-order chi connectivity index (χ0) is 22.0. The number of nitrogen functional groups attached to an aromatic ring is 1. The lowest BCUT2D eigenvalue weighted by Gasteiger charge is -2.32. The number of carbonyl (C=O) groups is 1. The smallest absolute Gasteiger partial charge is 0.257 e. The van der Waals surface area contributed by atoms with E-state index in [4.69, 9.17) is 26.8 Å². The number of carbonyl (C=O) groups excluding carboxylic acids is 1. The number of anilines is 2. The minimum absolute atomic E-state index is 0.113.